The summed E-state index contributed by atoms with van der Waals surface area (Å²) in [4.78, 5) is 16.8. The van der Waals surface area contributed by atoms with E-state index in [4.69, 9.17) is 0 Å². The third-order valence-electron chi connectivity index (χ3n) is 5.23. The van der Waals surface area contributed by atoms with E-state index in [-0.39, 0.29) is 36.4 Å². The molecular formula is C19H19F5N2O3S3. The lowest BCUT2D eigenvalue weighted by molar-refractivity contribution is -0.132. The monoisotopic (exact) mass is 514 g/mol. The molecule has 1 aromatic heterocycles. The fourth-order valence-electron chi connectivity index (χ4n) is 3.39. The van der Waals surface area contributed by atoms with Gasteiger partial charge in [0.15, 0.2) is 9.84 Å². The molecule has 32 heavy (non-hydrogen) atoms. The second-order valence-corrected chi connectivity index (χ2v) is 13.3. The minimum Gasteiger partial charge on any atom is -0.328 e. The largest absolute Gasteiger partial charge is 0.328 e. The summed E-state index contributed by atoms with van der Waals surface area (Å²) < 4.78 is 88.3. The molecule has 13 heteroatoms. The van der Waals surface area contributed by atoms with Gasteiger partial charge in [-0.2, -0.15) is 0 Å². The Hall–Kier alpha value is -1.99. The summed E-state index contributed by atoms with van der Waals surface area (Å²) in [6.45, 7) is 0.0459. The Morgan fingerprint density at radius 2 is 1.78 bits per heavy atom. The van der Waals surface area contributed by atoms with E-state index < -0.39 is 36.9 Å². The Balaban J connectivity index is 1.54. The highest BCUT2D eigenvalue weighted by molar-refractivity contribution is 8.45. The molecule has 0 saturated heterocycles. The van der Waals surface area contributed by atoms with E-state index in [2.05, 4.69) is 4.98 Å². The van der Waals surface area contributed by atoms with Crippen LogP contribution in [-0.4, -0.2) is 36.0 Å². The summed E-state index contributed by atoms with van der Waals surface area (Å²) in [6, 6.07) is 1.44. The molecule has 1 aliphatic heterocycles. The molecule has 0 bridgehead atoms. The molecule has 0 spiro atoms. The smallest absolute Gasteiger partial charge is 0.310 e. The minimum atomic E-state index is -9.80. The van der Waals surface area contributed by atoms with Gasteiger partial charge in [0.2, 0.25) is 5.91 Å². The predicted octanol–water partition coefficient (Wildman–Crippen LogP) is 5.56. The van der Waals surface area contributed by atoms with Crippen LogP contribution >= 0.6 is 21.6 Å². The molecular weight excluding hydrogens is 495 g/mol. The predicted molar refractivity (Wildman–Crippen MR) is 113 cm³/mol. The Morgan fingerprint density at radius 1 is 1.12 bits per heavy atom. The highest BCUT2D eigenvalue weighted by Crippen LogP contribution is 3.02. The Morgan fingerprint density at radius 3 is 2.31 bits per heavy atom. The molecule has 1 unspecified atom stereocenters. The highest BCUT2D eigenvalue weighted by atomic mass is 32.5. The second kappa shape index (κ2) is 7.00. The van der Waals surface area contributed by atoms with Crippen LogP contribution < -0.4 is 0 Å². The lowest BCUT2D eigenvalue weighted by Crippen LogP contribution is -2.41. The molecule has 2 aliphatic rings. The zero-order valence-electron chi connectivity index (χ0n) is 16.5. The molecule has 1 aliphatic carbocycles. The van der Waals surface area contributed by atoms with Crippen molar-refractivity contribution >= 4 is 37.3 Å². The van der Waals surface area contributed by atoms with E-state index in [0.717, 1.165) is 36.1 Å². The van der Waals surface area contributed by atoms with Crippen molar-refractivity contribution in [2.24, 2.45) is 0 Å². The third kappa shape index (κ3) is 5.49. The van der Waals surface area contributed by atoms with Crippen LogP contribution in [0, 0.1) is 0 Å². The van der Waals surface area contributed by atoms with E-state index >= 15 is 0 Å². The van der Waals surface area contributed by atoms with Gasteiger partial charge in [0, 0.05) is 16.7 Å². The normalized spacial score (nSPS) is 22.3. The molecule has 1 atom stereocenters. The summed E-state index contributed by atoms with van der Waals surface area (Å²) in [7, 11) is -13.3. The van der Waals surface area contributed by atoms with Gasteiger partial charge < -0.3 is 4.90 Å². The number of aromatic nitrogens is 1. The third-order valence-corrected chi connectivity index (χ3v) is 8.62. The molecule has 176 valence electrons. The van der Waals surface area contributed by atoms with Crippen molar-refractivity contribution in [3.05, 3.63) is 57.4 Å². The lowest BCUT2D eigenvalue weighted by atomic mass is 10.1. The number of benzene rings is 1. The van der Waals surface area contributed by atoms with Gasteiger partial charge in [-0.25, -0.2) is 13.4 Å². The molecule has 2 aromatic rings. The van der Waals surface area contributed by atoms with Crippen LogP contribution in [0.4, 0.5) is 19.4 Å². The number of halogens is 5. The van der Waals surface area contributed by atoms with Crippen LogP contribution in [0.15, 0.2) is 46.0 Å². The maximum atomic E-state index is 13.0. The van der Waals surface area contributed by atoms with Gasteiger partial charge in [-0.05, 0) is 36.6 Å². The molecule has 0 N–H and O–H groups in total. The topological polar surface area (TPSA) is 67.3 Å². The van der Waals surface area contributed by atoms with E-state index in [1.807, 2.05) is 5.38 Å². The maximum absolute atomic E-state index is 13.0. The number of sulfone groups is 1. The summed E-state index contributed by atoms with van der Waals surface area (Å²) in [5.41, 5.74) is 1.03. The average Bonchev–Trinajstić information content (AvgIpc) is 3.29. The molecule has 4 rings (SSSR count). The lowest BCUT2D eigenvalue weighted by Gasteiger charge is -2.40. The van der Waals surface area contributed by atoms with E-state index in [0.29, 0.717) is 10.9 Å². The number of rotatable bonds is 7. The molecule has 2 heterocycles. The van der Waals surface area contributed by atoms with Crippen LogP contribution in [0.1, 0.15) is 35.0 Å². The van der Waals surface area contributed by atoms with Crippen molar-refractivity contribution < 1.29 is 32.6 Å². The van der Waals surface area contributed by atoms with Gasteiger partial charge in [-0.3, -0.25) is 4.79 Å². The van der Waals surface area contributed by atoms with Crippen LogP contribution in [0.5, 0.6) is 0 Å². The zero-order valence-corrected chi connectivity index (χ0v) is 18.9. The Bertz CT molecular complexity index is 1190. The van der Waals surface area contributed by atoms with Gasteiger partial charge in [-0.15, -0.1) is 11.3 Å². The molecule has 0 radical (unpaired) electrons. The average molecular weight is 515 g/mol. The van der Waals surface area contributed by atoms with E-state index in [1.165, 1.54) is 22.3 Å². The first-order valence-electron chi connectivity index (χ1n) is 9.57. The molecule has 1 fully saturated rings. The maximum Gasteiger partial charge on any atom is 0.310 e. The first-order valence-corrected chi connectivity index (χ1v) is 14.1. The fourth-order valence-corrected chi connectivity index (χ4v) is 6.22. The molecule has 1 amide bonds. The van der Waals surface area contributed by atoms with Gasteiger partial charge in [0.1, 0.15) is 9.90 Å². The number of hydrogen-bond donors (Lipinski definition) is 0. The minimum absolute atomic E-state index is 0.0459. The first-order chi connectivity index (χ1) is 14.6. The summed E-state index contributed by atoms with van der Waals surface area (Å²) in [5, 5.41) is 3.54. The Labute approximate surface area is 185 Å². The summed E-state index contributed by atoms with van der Waals surface area (Å²) in [5.74, 6) is -0.438. The summed E-state index contributed by atoms with van der Waals surface area (Å²) in [6.07, 6.45) is 3.11. The number of nitrogens with zero attached hydrogens (tertiary/aromatic N) is 2. The quantitative estimate of drug-likeness (QED) is 0.454. The number of hydrogen-bond acceptors (Lipinski definition) is 5. The van der Waals surface area contributed by atoms with Crippen molar-refractivity contribution in [3.63, 3.8) is 0 Å². The number of amides is 1. The highest BCUT2D eigenvalue weighted by Gasteiger charge is 2.65. The van der Waals surface area contributed by atoms with Gasteiger partial charge in [0.05, 0.1) is 30.5 Å². The van der Waals surface area contributed by atoms with Gasteiger partial charge >= 0.3 is 10.2 Å². The fraction of sp³-hybridized carbons (Fsp3) is 0.368. The molecule has 1 saturated carbocycles. The van der Waals surface area contributed by atoms with Crippen molar-refractivity contribution in [2.45, 2.75) is 42.7 Å². The standard InChI is InChI=1S/C19H19F5N2O3S3/c20-32(21,22,23,24)16-5-1-13(2-6-16)9-19(27)26(15-7-8-31(28,29)12-15)10-18-25-17(11-30-18)14-3-4-14/h1-2,5-8,11,14-15H,3-4,9-10,12H2. The van der Waals surface area contributed by atoms with Crippen LogP contribution in [0.2, 0.25) is 0 Å². The number of thiazole rings is 1. The number of carbonyl (C=O) groups excluding carboxylic acids is 1. The van der Waals surface area contributed by atoms with Crippen molar-refractivity contribution in [2.75, 3.05) is 5.75 Å². The molecule has 5 nitrogen and oxygen atoms in total. The van der Waals surface area contributed by atoms with Crippen molar-refractivity contribution in [1.82, 2.24) is 9.88 Å². The first kappa shape index (κ1) is 23.2. The SMILES string of the molecule is O=C(Cc1ccc(S(F)(F)(F)(F)F)cc1)N(Cc1nc(C2CC2)cs1)C1C=CS(=O)(=O)C1. The van der Waals surface area contributed by atoms with Gasteiger partial charge in [0.25, 0.3) is 0 Å². The number of carbonyl (C=O) groups is 1. The van der Waals surface area contributed by atoms with E-state index in [9.17, 15) is 32.6 Å². The Kier molecular flexibility index (Phi) is 5.07. The van der Waals surface area contributed by atoms with E-state index in [1.54, 1.807) is 0 Å². The summed E-state index contributed by atoms with van der Waals surface area (Å²) >= 11 is 1.35. The van der Waals surface area contributed by atoms with Crippen LogP contribution in [0.25, 0.3) is 0 Å². The van der Waals surface area contributed by atoms with Crippen LogP contribution in [-0.2, 0) is 27.6 Å². The second-order valence-electron chi connectivity index (χ2n) is 7.98. The molecule has 1 aromatic carbocycles. The van der Waals surface area contributed by atoms with Crippen molar-refractivity contribution in [1.29, 1.82) is 0 Å². The van der Waals surface area contributed by atoms with Gasteiger partial charge in [-0.1, -0.05) is 31.6 Å². The van der Waals surface area contributed by atoms with Crippen molar-refractivity contribution in [3.8, 4) is 0 Å². The van der Waals surface area contributed by atoms with Crippen LogP contribution in [0.3, 0.4) is 0 Å². The zero-order chi connectivity index (χ0) is 23.4.